The Morgan fingerprint density at radius 3 is 2.75 bits per heavy atom. The number of fused-ring (bicyclic) bond motifs is 4. The first-order valence-electron chi connectivity index (χ1n) is 7.43. The average Bonchev–Trinajstić information content (AvgIpc) is 2.66. The molecular formula is C15H19N5. The van der Waals surface area contributed by atoms with Crippen molar-refractivity contribution in [2.75, 3.05) is 12.3 Å². The molecule has 1 aliphatic heterocycles. The summed E-state index contributed by atoms with van der Waals surface area (Å²) in [7, 11) is 0. The maximum atomic E-state index is 5.80. The molecule has 1 fully saturated rings. The van der Waals surface area contributed by atoms with Gasteiger partial charge in [0.2, 0.25) is 5.95 Å². The summed E-state index contributed by atoms with van der Waals surface area (Å²) < 4.78 is 2.39. The zero-order chi connectivity index (χ0) is 13.6. The van der Waals surface area contributed by atoms with Crippen molar-refractivity contribution in [3.05, 3.63) is 18.0 Å². The topological polar surface area (TPSA) is 69.1 Å². The van der Waals surface area contributed by atoms with Crippen LogP contribution in [0.25, 0.3) is 11.0 Å². The standard InChI is InChI=1S/C15H19N5/c16-14-18-8-11-7-12-9-17-10-15(20(12)13(11)19-14)5-3-1-2-4-6-15/h7-9H,1-6,10H2,(H2,16,18,19). The molecule has 2 aliphatic rings. The largest absolute Gasteiger partial charge is 0.368 e. The van der Waals surface area contributed by atoms with Gasteiger partial charge in [-0.1, -0.05) is 25.7 Å². The first-order chi connectivity index (χ1) is 9.78. The van der Waals surface area contributed by atoms with E-state index in [1.807, 2.05) is 12.4 Å². The van der Waals surface area contributed by atoms with Gasteiger partial charge in [0.05, 0.1) is 17.8 Å². The average molecular weight is 269 g/mol. The molecule has 1 spiro atoms. The number of rotatable bonds is 0. The molecule has 0 amide bonds. The smallest absolute Gasteiger partial charge is 0.221 e. The molecule has 20 heavy (non-hydrogen) atoms. The lowest BCUT2D eigenvalue weighted by molar-refractivity contribution is 0.257. The Hall–Kier alpha value is -1.91. The van der Waals surface area contributed by atoms with Crippen molar-refractivity contribution in [1.82, 2.24) is 14.5 Å². The maximum Gasteiger partial charge on any atom is 0.221 e. The van der Waals surface area contributed by atoms with Gasteiger partial charge in [-0.15, -0.1) is 0 Å². The molecule has 4 rings (SSSR count). The van der Waals surface area contributed by atoms with Gasteiger partial charge in [0.25, 0.3) is 0 Å². The minimum atomic E-state index is 0.100. The summed E-state index contributed by atoms with van der Waals surface area (Å²) in [6, 6.07) is 2.13. The highest BCUT2D eigenvalue weighted by atomic mass is 15.2. The van der Waals surface area contributed by atoms with E-state index in [-0.39, 0.29) is 5.54 Å². The summed E-state index contributed by atoms with van der Waals surface area (Å²) in [5.74, 6) is 0.352. The van der Waals surface area contributed by atoms with Gasteiger partial charge in [0, 0.05) is 17.8 Å². The zero-order valence-corrected chi connectivity index (χ0v) is 11.5. The second kappa shape index (κ2) is 4.30. The van der Waals surface area contributed by atoms with Gasteiger partial charge in [0.15, 0.2) is 0 Å². The zero-order valence-electron chi connectivity index (χ0n) is 11.5. The highest BCUT2D eigenvalue weighted by molar-refractivity contribution is 5.89. The van der Waals surface area contributed by atoms with Crippen LogP contribution in [0.15, 0.2) is 17.3 Å². The summed E-state index contributed by atoms with van der Waals surface area (Å²) in [4.78, 5) is 13.2. The molecule has 0 saturated heterocycles. The Balaban J connectivity index is 1.96. The normalized spacial score (nSPS) is 21.0. The van der Waals surface area contributed by atoms with E-state index in [4.69, 9.17) is 5.73 Å². The van der Waals surface area contributed by atoms with E-state index in [0.29, 0.717) is 5.95 Å². The van der Waals surface area contributed by atoms with Crippen LogP contribution < -0.4 is 5.73 Å². The number of nitrogens with zero attached hydrogens (tertiary/aromatic N) is 4. The molecule has 104 valence electrons. The van der Waals surface area contributed by atoms with Gasteiger partial charge in [-0.3, -0.25) is 4.99 Å². The van der Waals surface area contributed by atoms with Crippen LogP contribution in [0, 0.1) is 0 Å². The third-order valence-corrected chi connectivity index (χ3v) is 4.71. The van der Waals surface area contributed by atoms with Crippen LogP contribution in [0.1, 0.15) is 44.2 Å². The van der Waals surface area contributed by atoms with E-state index in [1.54, 1.807) is 0 Å². The molecule has 0 atom stereocenters. The lowest BCUT2D eigenvalue weighted by Gasteiger charge is -2.37. The molecule has 0 unspecified atom stereocenters. The molecule has 5 heteroatoms. The fraction of sp³-hybridized carbons (Fsp3) is 0.533. The molecule has 1 aliphatic carbocycles. The highest BCUT2D eigenvalue weighted by Crippen LogP contribution is 2.39. The van der Waals surface area contributed by atoms with E-state index in [0.717, 1.165) is 23.3 Å². The summed E-state index contributed by atoms with van der Waals surface area (Å²) in [6.07, 6.45) is 11.4. The van der Waals surface area contributed by atoms with Gasteiger partial charge in [-0.05, 0) is 18.9 Å². The van der Waals surface area contributed by atoms with Crippen molar-refractivity contribution in [2.24, 2.45) is 4.99 Å². The first-order valence-corrected chi connectivity index (χ1v) is 7.43. The van der Waals surface area contributed by atoms with Gasteiger partial charge in [0.1, 0.15) is 5.65 Å². The van der Waals surface area contributed by atoms with E-state index in [2.05, 4.69) is 25.6 Å². The lowest BCUT2D eigenvalue weighted by Crippen LogP contribution is -2.40. The molecule has 0 aromatic carbocycles. The minimum Gasteiger partial charge on any atom is -0.368 e. The van der Waals surface area contributed by atoms with Crippen LogP contribution in [0.2, 0.25) is 0 Å². The van der Waals surface area contributed by atoms with Crippen molar-refractivity contribution in [3.8, 4) is 0 Å². The fourth-order valence-corrected chi connectivity index (χ4v) is 3.76. The predicted octanol–water partition coefficient (Wildman–Crippen LogP) is 2.50. The minimum absolute atomic E-state index is 0.100. The monoisotopic (exact) mass is 269 g/mol. The number of anilines is 1. The molecule has 1 saturated carbocycles. The maximum absolute atomic E-state index is 5.80. The summed E-state index contributed by atoms with van der Waals surface area (Å²) in [6.45, 7) is 0.869. The number of aromatic nitrogens is 3. The van der Waals surface area contributed by atoms with Gasteiger partial charge in [-0.2, -0.15) is 4.98 Å². The van der Waals surface area contributed by atoms with Crippen LogP contribution in [0.5, 0.6) is 0 Å². The Kier molecular flexibility index (Phi) is 2.55. The molecule has 2 aromatic rings. The van der Waals surface area contributed by atoms with Crippen molar-refractivity contribution in [3.63, 3.8) is 0 Å². The van der Waals surface area contributed by atoms with Crippen LogP contribution in [0.3, 0.4) is 0 Å². The van der Waals surface area contributed by atoms with Crippen LogP contribution in [-0.4, -0.2) is 27.3 Å². The first kappa shape index (κ1) is 11.9. The van der Waals surface area contributed by atoms with Crippen LogP contribution in [-0.2, 0) is 5.54 Å². The van der Waals surface area contributed by atoms with E-state index < -0.39 is 0 Å². The quantitative estimate of drug-likeness (QED) is 0.799. The number of aliphatic imine (C=N–C) groups is 1. The van der Waals surface area contributed by atoms with E-state index >= 15 is 0 Å². The summed E-state index contributed by atoms with van der Waals surface area (Å²) >= 11 is 0. The molecule has 0 bridgehead atoms. The van der Waals surface area contributed by atoms with Gasteiger partial charge >= 0.3 is 0 Å². The summed E-state index contributed by atoms with van der Waals surface area (Å²) in [5.41, 5.74) is 8.02. The third kappa shape index (κ3) is 1.65. The van der Waals surface area contributed by atoms with Gasteiger partial charge < -0.3 is 10.3 Å². The lowest BCUT2D eigenvalue weighted by atomic mass is 9.88. The second-order valence-corrected chi connectivity index (χ2v) is 6.02. The fourth-order valence-electron chi connectivity index (χ4n) is 3.76. The number of nitrogens with two attached hydrogens (primary N) is 1. The Morgan fingerprint density at radius 2 is 1.95 bits per heavy atom. The Morgan fingerprint density at radius 1 is 1.15 bits per heavy atom. The van der Waals surface area contributed by atoms with Crippen molar-refractivity contribution in [1.29, 1.82) is 0 Å². The van der Waals surface area contributed by atoms with Crippen molar-refractivity contribution < 1.29 is 0 Å². The molecule has 5 nitrogen and oxygen atoms in total. The number of nitrogen functional groups attached to an aromatic ring is 1. The van der Waals surface area contributed by atoms with Crippen molar-refractivity contribution >= 4 is 23.2 Å². The molecule has 0 radical (unpaired) electrons. The van der Waals surface area contributed by atoms with Gasteiger partial charge in [-0.25, -0.2) is 4.98 Å². The number of hydrogen-bond acceptors (Lipinski definition) is 4. The Bertz CT molecular complexity index is 677. The molecule has 2 aromatic heterocycles. The molecule has 2 N–H and O–H groups in total. The van der Waals surface area contributed by atoms with E-state index in [9.17, 15) is 0 Å². The third-order valence-electron chi connectivity index (χ3n) is 4.71. The van der Waals surface area contributed by atoms with Crippen LogP contribution >= 0.6 is 0 Å². The SMILES string of the molecule is Nc1ncc2cc3n(c2n1)C1(CCCCCC1)CN=C3. The highest BCUT2D eigenvalue weighted by Gasteiger charge is 2.37. The Labute approximate surface area is 117 Å². The van der Waals surface area contributed by atoms with E-state index in [1.165, 1.54) is 38.5 Å². The molecular weight excluding hydrogens is 250 g/mol. The summed E-state index contributed by atoms with van der Waals surface area (Å²) in [5, 5.41) is 1.06. The number of hydrogen-bond donors (Lipinski definition) is 1. The predicted molar refractivity (Wildman–Crippen MR) is 80.1 cm³/mol. The second-order valence-electron chi connectivity index (χ2n) is 6.02. The molecule has 3 heterocycles. The van der Waals surface area contributed by atoms with Crippen LogP contribution in [0.4, 0.5) is 5.95 Å². The van der Waals surface area contributed by atoms with Crippen molar-refractivity contribution in [2.45, 2.75) is 44.1 Å².